The average Bonchev–Trinajstić information content (AvgIpc) is 2.60. The van der Waals surface area contributed by atoms with Crippen LogP contribution in [0.1, 0.15) is 18.5 Å². The van der Waals surface area contributed by atoms with Crippen LogP contribution in [0.4, 0.5) is 0 Å². The highest BCUT2D eigenvalue weighted by Gasteiger charge is 2.18. The lowest BCUT2D eigenvalue weighted by molar-refractivity contribution is -0.122. The molecule has 0 bridgehead atoms. The van der Waals surface area contributed by atoms with Crippen molar-refractivity contribution in [2.24, 2.45) is 0 Å². The Morgan fingerprint density at radius 3 is 2.29 bits per heavy atom. The Morgan fingerprint density at radius 1 is 1.08 bits per heavy atom. The number of amides is 1. The highest BCUT2D eigenvalue weighted by atomic mass is 32.2. The fourth-order valence-corrected chi connectivity index (χ4v) is 3.28. The van der Waals surface area contributed by atoms with E-state index in [4.69, 9.17) is 4.74 Å². The van der Waals surface area contributed by atoms with E-state index in [-0.39, 0.29) is 23.5 Å². The number of hydrogen-bond donors (Lipinski definition) is 2. The van der Waals surface area contributed by atoms with Crippen LogP contribution in [0.3, 0.4) is 0 Å². The number of carbonyl (C=O) groups is 1. The van der Waals surface area contributed by atoms with Crippen molar-refractivity contribution in [2.45, 2.75) is 17.9 Å². The Hall–Kier alpha value is -2.38. The van der Waals surface area contributed by atoms with Crippen molar-refractivity contribution in [3.63, 3.8) is 0 Å². The summed E-state index contributed by atoms with van der Waals surface area (Å²) in [7, 11) is -2.13. The largest absolute Gasteiger partial charge is 0.484 e. The van der Waals surface area contributed by atoms with Crippen molar-refractivity contribution in [1.82, 2.24) is 10.0 Å². The molecular weight excluding hydrogens is 328 g/mol. The Balaban J connectivity index is 2.05. The highest BCUT2D eigenvalue weighted by molar-refractivity contribution is 7.89. The summed E-state index contributed by atoms with van der Waals surface area (Å²) in [5.41, 5.74) is 0.881. The number of nitrogens with one attached hydrogen (secondary N) is 2. The first-order chi connectivity index (χ1) is 11.4. The Labute approximate surface area is 141 Å². The fourth-order valence-electron chi connectivity index (χ4n) is 2.05. The average molecular weight is 348 g/mol. The first-order valence-corrected chi connectivity index (χ1v) is 8.91. The van der Waals surface area contributed by atoms with Gasteiger partial charge in [-0.05, 0) is 36.8 Å². The molecule has 2 rings (SSSR count). The van der Waals surface area contributed by atoms with Crippen LogP contribution in [-0.2, 0) is 14.8 Å². The number of sulfonamides is 1. The second-order valence-electron chi connectivity index (χ2n) is 5.19. The van der Waals surface area contributed by atoms with Gasteiger partial charge in [-0.25, -0.2) is 13.1 Å². The summed E-state index contributed by atoms with van der Waals surface area (Å²) >= 11 is 0. The molecule has 0 saturated heterocycles. The second kappa shape index (κ2) is 7.94. The zero-order valence-electron chi connectivity index (χ0n) is 13.5. The quantitative estimate of drug-likeness (QED) is 0.800. The van der Waals surface area contributed by atoms with Crippen LogP contribution in [0.2, 0.25) is 0 Å². The van der Waals surface area contributed by atoms with E-state index in [2.05, 4.69) is 10.0 Å². The van der Waals surface area contributed by atoms with E-state index in [0.29, 0.717) is 5.75 Å². The molecular formula is C17H20N2O4S. The lowest BCUT2D eigenvalue weighted by atomic mass is 10.1. The van der Waals surface area contributed by atoms with E-state index in [1.165, 1.54) is 31.3 Å². The van der Waals surface area contributed by atoms with E-state index < -0.39 is 10.0 Å². The zero-order valence-corrected chi connectivity index (χ0v) is 14.3. The highest BCUT2D eigenvalue weighted by Crippen LogP contribution is 2.19. The first kappa shape index (κ1) is 18.0. The summed E-state index contributed by atoms with van der Waals surface area (Å²) in [6.07, 6.45) is 0. The third-order valence-corrected chi connectivity index (χ3v) is 4.97. The molecule has 1 amide bonds. The Kier molecular flexibility index (Phi) is 5.94. The number of hydrogen-bond acceptors (Lipinski definition) is 4. The maximum atomic E-state index is 12.4. The first-order valence-electron chi connectivity index (χ1n) is 7.43. The van der Waals surface area contributed by atoms with Crippen LogP contribution in [0.5, 0.6) is 5.75 Å². The van der Waals surface area contributed by atoms with Crippen molar-refractivity contribution in [3.05, 3.63) is 60.2 Å². The monoisotopic (exact) mass is 348 g/mol. The summed E-state index contributed by atoms with van der Waals surface area (Å²) < 4.78 is 32.7. The molecule has 1 atom stereocenters. The minimum Gasteiger partial charge on any atom is -0.484 e. The summed E-state index contributed by atoms with van der Waals surface area (Å²) in [6.45, 7) is 1.67. The molecule has 0 saturated carbocycles. The smallest absolute Gasteiger partial charge is 0.257 e. The molecule has 0 heterocycles. The van der Waals surface area contributed by atoms with Gasteiger partial charge in [0.1, 0.15) is 5.75 Å². The Bertz CT molecular complexity index is 774. The molecule has 0 aromatic heterocycles. The predicted molar refractivity (Wildman–Crippen MR) is 91.2 cm³/mol. The molecule has 0 unspecified atom stereocenters. The molecule has 0 spiro atoms. The van der Waals surface area contributed by atoms with E-state index in [1.54, 1.807) is 6.92 Å². The molecule has 2 aromatic carbocycles. The normalized spacial score (nSPS) is 12.4. The number of ether oxygens (including phenoxy) is 1. The molecule has 0 aliphatic heterocycles. The van der Waals surface area contributed by atoms with Gasteiger partial charge in [0, 0.05) is 13.1 Å². The maximum absolute atomic E-state index is 12.4. The molecule has 0 radical (unpaired) electrons. The minimum atomic E-state index is -3.65. The number of benzene rings is 2. The minimum absolute atomic E-state index is 0.119. The van der Waals surface area contributed by atoms with Crippen LogP contribution in [-0.4, -0.2) is 28.0 Å². The van der Waals surface area contributed by atoms with Crippen molar-refractivity contribution in [1.29, 1.82) is 0 Å². The van der Waals surface area contributed by atoms with Gasteiger partial charge in [-0.2, -0.15) is 0 Å². The topological polar surface area (TPSA) is 84.5 Å². The zero-order chi connectivity index (χ0) is 17.6. The fraction of sp³-hybridized carbons (Fsp3) is 0.235. The SMILES string of the molecule is CNC(=O)COc1ccc(S(=O)(=O)N[C@@H](C)c2ccccc2)cc1. The molecule has 0 aliphatic carbocycles. The van der Waals surface area contributed by atoms with Gasteiger partial charge in [0.05, 0.1) is 4.90 Å². The molecule has 2 N–H and O–H groups in total. The van der Waals surface area contributed by atoms with Gasteiger partial charge in [0.15, 0.2) is 6.61 Å². The summed E-state index contributed by atoms with van der Waals surface area (Å²) in [5, 5.41) is 2.44. The Morgan fingerprint density at radius 2 is 1.71 bits per heavy atom. The van der Waals surface area contributed by atoms with Gasteiger partial charge in [-0.3, -0.25) is 4.79 Å². The lowest BCUT2D eigenvalue weighted by Gasteiger charge is -2.15. The van der Waals surface area contributed by atoms with E-state index >= 15 is 0 Å². The van der Waals surface area contributed by atoms with Gasteiger partial charge >= 0.3 is 0 Å². The summed E-state index contributed by atoms with van der Waals surface area (Å²) in [4.78, 5) is 11.3. The van der Waals surface area contributed by atoms with Crippen LogP contribution >= 0.6 is 0 Å². The second-order valence-corrected chi connectivity index (χ2v) is 6.90. The summed E-state index contributed by atoms with van der Waals surface area (Å²) in [5.74, 6) is 0.165. The molecule has 7 heteroatoms. The van der Waals surface area contributed by atoms with Crippen molar-refractivity contribution < 1.29 is 17.9 Å². The van der Waals surface area contributed by atoms with Gasteiger partial charge in [0.2, 0.25) is 10.0 Å². The molecule has 2 aromatic rings. The van der Waals surface area contributed by atoms with Gasteiger partial charge in [-0.15, -0.1) is 0 Å². The van der Waals surface area contributed by atoms with Crippen LogP contribution in [0.15, 0.2) is 59.5 Å². The van der Waals surface area contributed by atoms with Crippen LogP contribution in [0.25, 0.3) is 0 Å². The maximum Gasteiger partial charge on any atom is 0.257 e. The number of likely N-dealkylation sites (N-methyl/N-ethyl adjacent to an activating group) is 1. The lowest BCUT2D eigenvalue weighted by Crippen LogP contribution is -2.27. The van der Waals surface area contributed by atoms with Gasteiger partial charge < -0.3 is 10.1 Å². The standard InChI is InChI=1S/C17H20N2O4S/c1-13(14-6-4-3-5-7-14)19-24(21,22)16-10-8-15(9-11-16)23-12-17(20)18-2/h3-11,13,19H,12H2,1-2H3,(H,18,20)/t13-/m0/s1. The molecule has 6 nitrogen and oxygen atoms in total. The van der Waals surface area contributed by atoms with Crippen molar-refractivity contribution in [3.8, 4) is 5.75 Å². The summed E-state index contributed by atoms with van der Waals surface area (Å²) in [6, 6.07) is 14.9. The number of rotatable bonds is 7. The molecule has 0 fully saturated rings. The van der Waals surface area contributed by atoms with Crippen LogP contribution in [0, 0.1) is 0 Å². The number of carbonyl (C=O) groups excluding carboxylic acids is 1. The van der Waals surface area contributed by atoms with E-state index in [1.807, 2.05) is 30.3 Å². The van der Waals surface area contributed by atoms with E-state index in [9.17, 15) is 13.2 Å². The predicted octanol–water partition coefficient (Wildman–Crippen LogP) is 1.85. The molecule has 24 heavy (non-hydrogen) atoms. The van der Waals surface area contributed by atoms with Crippen molar-refractivity contribution >= 4 is 15.9 Å². The molecule has 128 valence electrons. The van der Waals surface area contributed by atoms with Crippen molar-refractivity contribution in [2.75, 3.05) is 13.7 Å². The third kappa shape index (κ3) is 4.81. The molecule has 0 aliphatic rings. The van der Waals surface area contributed by atoms with Gasteiger partial charge in [-0.1, -0.05) is 30.3 Å². The van der Waals surface area contributed by atoms with Crippen LogP contribution < -0.4 is 14.8 Å². The van der Waals surface area contributed by atoms with Gasteiger partial charge in [0.25, 0.3) is 5.91 Å². The van der Waals surface area contributed by atoms with E-state index in [0.717, 1.165) is 5.56 Å². The third-order valence-electron chi connectivity index (χ3n) is 3.41.